The van der Waals surface area contributed by atoms with Crippen LogP contribution in [0.2, 0.25) is 0 Å². The summed E-state index contributed by atoms with van der Waals surface area (Å²) in [4.78, 5) is 44.0. The number of nitrogens with one attached hydrogen (secondary N) is 1. The lowest BCUT2D eigenvalue weighted by atomic mass is 10.1. The number of carbonyl (C=O) groups is 1. The molecule has 0 aliphatic rings. The third kappa shape index (κ3) is 5.72. The van der Waals surface area contributed by atoms with Gasteiger partial charge in [-0.3, -0.25) is 20.2 Å². The average molecular weight is 558 g/mol. The number of aromatic nitrogens is 2. The molecular formula is C26H15N5O6S2. The molecule has 0 aliphatic heterocycles. The molecule has 1 N–H and O–H groups in total. The first kappa shape index (κ1) is 25.5. The van der Waals surface area contributed by atoms with Crippen LogP contribution in [0.1, 0.15) is 10.6 Å². The number of rotatable bonds is 8. The largest absolute Gasteiger partial charge is 0.483 e. The van der Waals surface area contributed by atoms with Crippen molar-refractivity contribution in [2.45, 2.75) is 0 Å². The van der Waals surface area contributed by atoms with E-state index in [9.17, 15) is 25.0 Å². The number of nitriles is 1. The van der Waals surface area contributed by atoms with Gasteiger partial charge < -0.3 is 9.15 Å². The number of ether oxygens (including phenoxy) is 1. The van der Waals surface area contributed by atoms with Gasteiger partial charge in [0.15, 0.2) is 11.7 Å². The summed E-state index contributed by atoms with van der Waals surface area (Å²) in [5.74, 6) is -0.327. The smallest absolute Gasteiger partial charge is 0.345 e. The van der Waals surface area contributed by atoms with Gasteiger partial charge in [-0.15, -0.1) is 22.7 Å². The Morgan fingerprint density at radius 2 is 2.08 bits per heavy atom. The Hall–Kier alpha value is -5.19. The lowest BCUT2D eigenvalue weighted by molar-refractivity contribution is -0.384. The fourth-order valence-corrected chi connectivity index (χ4v) is 4.87. The zero-order chi connectivity index (χ0) is 27.4. The number of carbonyl (C=O) groups excluding carboxylic acids is 1. The number of hydrogen-bond donors (Lipinski definition) is 1. The summed E-state index contributed by atoms with van der Waals surface area (Å²) >= 11 is 2.36. The van der Waals surface area contributed by atoms with Crippen molar-refractivity contribution in [3.63, 3.8) is 0 Å². The Morgan fingerprint density at radius 1 is 1.23 bits per heavy atom. The van der Waals surface area contributed by atoms with Crippen molar-refractivity contribution in [3.8, 4) is 23.1 Å². The van der Waals surface area contributed by atoms with Crippen molar-refractivity contribution in [2.75, 3.05) is 11.9 Å². The van der Waals surface area contributed by atoms with Crippen LogP contribution in [0.5, 0.6) is 5.75 Å². The number of nitro groups is 1. The molecule has 13 heteroatoms. The number of thiazole rings is 2. The molecule has 3 heterocycles. The molecule has 5 rings (SSSR count). The molecule has 5 aromatic rings. The number of benzene rings is 2. The van der Waals surface area contributed by atoms with E-state index in [1.807, 2.05) is 12.1 Å². The highest BCUT2D eigenvalue weighted by Gasteiger charge is 2.17. The number of para-hydroxylation sites is 1. The minimum atomic E-state index is -0.581. The maximum atomic E-state index is 12.5. The molecule has 0 spiro atoms. The first-order valence-corrected chi connectivity index (χ1v) is 12.9. The number of allylic oxidation sites excluding steroid dienone is 1. The predicted octanol–water partition coefficient (Wildman–Crippen LogP) is 5.36. The lowest BCUT2D eigenvalue weighted by Gasteiger charge is -2.09. The Balaban J connectivity index is 1.45. The predicted molar refractivity (Wildman–Crippen MR) is 146 cm³/mol. The van der Waals surface area contributed by atoms with E-state index in [-0.39, 0.29) is 39.8 Å². The highest BCUT2D eigenvalue weighted by molar-refractivity contribution is 7.13. The van der Waals surface area contributed by atoms with Crippen molar-refractivity contribution in [1.29, 1.82) is 5.26 Å². The van der Waals surface area contributed by atoms with E-state index in [1.54, 1.807) is 41.2 Å². The van der Waals surface area contributed by atoms with Gasteiger partial charge in [0.25, 0.3) is 11.6 Å². The molecule has 0 unspecified atom stereocenters. The van der Waals surface area contributed by atoms with Crippen LogP contribution in [-0.2, 0) is 4.79 Å². The van der Waals surface area contributed by atoms with Crippen LogP contribution in [-0.4, -0.2) is 27.4 Å². The van der Waals surface area contributed by atoms with E-state index in [0.29, 0.717) is 16.4 Å². The Labute approximate surface area is 227 Å². The summed E-state index contributed by atoms with van der Waals surface area (Å²) in [5.41, 5.74) is 0.478. The van der Waals surface area contributed by atoms with Crippen LogP contribution in [0.3, 0.4) is 0 Å². The number of nitro benzene ring substituents is 1. The number of amides is 1. The van der Waals surface area contributed by atoms with Crippen LogP contribution in [0, 0.1) is 21.4 Å². The minimum absolute atomic E-state index is 0.0778. The SMILES string of the molecule is N#CC(=Cc1cc([N+](=O)[O-])ccc1OCC(=O)Nc1nccs1)c1nc(-c2cc3ccccc3oc2=O)cs1. The second-order valence-electron chi connectivity index (χ2n) is 7.85. The van der Waals surface area contributed by atoms with E-state index in [1.165, 1.54) is 35.6 Å². The van der Waals surface area contributed by atoms with Crippen molar-refractivity contribution in [2.24, 2.45) is 0 Å². The fraction of sp³-hybridized carbons (Fsp3) is 0.0385. The van der Waals surface area contributed by atoms with Crippen molar-refractivity contribution in [1.82, 2.24) is 9.97 Å². The summed E-state index contributed by atoms with van der Waals surface area (Å²) in [6.45, 7) is -0.390. The average Bonchev–Trinajstić information content (AvgIpc) is 3.63. The van der Waals surface area contributed by atoms with Crippen LogP contribution in [0.25, 0.3) is 33.9 Å². The van der Waals surface area contributed by atoms with Gasteiger partial charge in [-0.25, -0.2) is 14.8 Å². The maximum Gasteiger partial charge on any atom is 0.345 e. The molecule has 0 bridgehead atoms. The van der Waals surface area contributed by atoms with Crippen molar-refractivity contribution in [3.05, 3.63) is 96.6 Å². The van der Waals surface area contributed by atoms with E-state index in [2.05, 4.69) is 15.3 Å². The van der Waals surface area contributed by atoms with Crippen molar-refractivity contribution < 1.29 is 18.9 Å². The van der Waals surface area contributed by atoms with E-state index >= 15 is 0 Å². The molecule has 39 heavy (non-hydrogen) atoms. The zero-order valence-corrected chi connectivity index (χ0v) is 21.3. The zero-order valence-electron chi connectivity index (χ0n) is 19.7. The van der Waals surface area contributed by atoms with Crippen LogP contribution >= 0.6 is 22.7 Å². The van der Waals surface area contributed by atoms with Crippen LogP contribution < -0.4 is 15.7 Å². The maximum absolute atomic E-state index is 12.5. The summed E-state index contributed by atoms with van der Waals surface area (Å²) in [7, 11) is 0. The third-order valence-corrected chi connectivity index (χ3v) is 6.88. The summed E-state index contributed by atoms with van der Waals surface area (Å²) in [6, 6.07) is 14.6. The monoisotopic (exact) mass is 557 g/mol. The molecule has 11 nitrogen and oxygen atoms in total. The summed E-state index contributed by atoms with van der Waals surface area (Å²) in [5, 5.41) is 28.6. The van der Waals surface area contributed by atoms with Gasteiger partial charge in [-0.2, -0.15) is 5.26 Å². The lowest BCUT2D eigenvalue weighted by Crippen LogP contribution is -2.20. The number of anilines is 1. The first-order chi connectivity index (χ1) is 18.9. The summed E-state index contributed by atoms with van der Waals surface area (Å²) in [6.07, 6.45) is 2.92. The van der Waals surface area contributed by atoms with Gasteiger partial charge in [0.1, 0.15) is 22.4 Å². The molecule has 0 saturated heterocycles. The Morgan fingerprint density at radius 3 is 2.85 bits per heavy atom. The quantitative estimate of drug-likeness (QED) is 0.114. The Bertz CT molecular complexity index is 1840. The molecule has 3 aromatic heterocycles. The molecular weight excluding hydrogens is 542 g/mol. The van der Waals surface area contributed by atoms with Gasteiger partial charge in [-0.1, -0.05) is 18.2 Å². The molecule has 0 atom stereocenters. The highest BCUT2D eigenvalue weighted by atomic mass is 32.1. The number of hydrogen-bond acceptors (Lipinski definition) is 11. The second kappa shape index (κ2) is 11.1. The highest BCUT2D eigenvalue weighted by Crippen LogP contribution is 2.31. The normalized spacial score (nSPS) is 11.2. The summed E-state index contributed by atoms with van der Waals surface area (Å²) < 4.78 is 11.0. The number of fused-ring (bicyclic) bond motifs is 1. The van der Waals surface area contributed by atoms with Crippen LogP contribution in [0.15, 0.2) is 74.7 Å². The van der Waals surface area contributed by atoms with Crippen LogP contribution in [0.4, 0.5) is 10.8 Å². The van der Waals surface area contributed by atoms with Gasteiger partial charge in [-0.05, 0) is 24.3 Å². The van der Waals surface area contributed by atoms with Gasteiger partial charge in [0.2, 0.25) is 0 Å². The Kier molecular flexibility index (Phi) is 7.21. The van der Waals surface area contributed by atoms with Crippen molar-refractivity contribution >= 4 is 62.0 Å². The molecule has 0 aliphatic carbocycles. The molecule has 0 fully saturated rings. The van der Waals surface area contributed by atoms with E-state index in [4.69, 9.17) is 9.15 Å². The number of nitrogens with zero attached hydrogens (tertiary/aromatic N) is 4. The second-order valence-corrected chi connectivity index (χ2v) is 9.60. The van der Waals surface area contributed by atoms with Gasteiger partial charge in [0.05, 0.1) is 21.8 Å². The molecule has 192 valence electrons. The topological polar surface area (TPSA) is 161 Å². The third-order valence-electron chi connectivity index (χ3n) is 5.31. The fourth-order valence-electron chi connectivity index (χ4n) is 3.54. The number of non-ortho nitro benzene ring substituents is 1. The van der Waals surface area contributed by atoms with Gasteiger partial charge in [0, 0.05) is 40.0 Å². The standard InChI is InChI=1S/C26H15N5O6S2/c27-12-17(24-29-20(14-39-24)19-11-15-3-1-2-4-22(15)37-25(19)33)9-16-10-18(31(34)35)5-6-21(16)36-13-23(32)30-26-28-7-8-38-26/h1-11,14H,13H2,(H,28,30,32). The molecule has 2 aromatic carbocycles. The molecule has 1 amide bonds. The minimum Gasteiger partial charge on any atom is -0.483 e. The van der Waals surface area contributed by atoms with Gasteiger partial charge >= 0.3 is 5.63 Å². The van der Waals surface area contributed by atoms with E-state index < -0.39 is 16.5 Å². The van der Waals surface area contributed by atoms with E-state index in [0.717, 1.165) is 16.7 Å². The first-order valence-electron chi connectivity index (χ1n) is 11.1. The molecule has 0 saturated carbocycles. The molecule has 0 radical (unpaired) electrons.